The molecule has 0 atom stereocenters. The molecular weight excluding hydrogens is 152 g/mol. The van der Waals surface area contributed by atoms with Gasteiger partial charge in [0.1, 0.15) is 11.6 Å². The fraction of sp³-hybridized carbons (Fsp3) is 0.444. The van der Waals surface area contributed by atoms with E-state index in [2.05, 4.69) is 10.3 Å². The molecule has 0 aliphatic heterocycles. The van der Waals surface area contributed by atoms with Crippen molar-refractivity contribution in [3.63, 3.8) is 0 Å². The molecule has 1 aliphatic carbocycles. The van der Waals surface area contributed by atoms with Crippen molar-refractivity contribution < 1.29 is 5.11 Å². The summed E-state index contributed by atoms with van der Waals surface area (Å²) in [6.45, 7) is 1.01. The van der Waals surface area contributed by atoms with Crippen molar-refractivity contribution in [3.05, 3.63) is 18.3 Å². The Kier molecular flexibility index (Phi) is 1.86. The Labute approximate surface area is 71.4 Å². The predicted molar refractivity (Wildman–Crippen MR) is 47.1 cm³/mol. The van der Waals surface area contributed by atoms with Gasteiger partial charge in [-0.05, 0) is 30.9 Å². The summed E-state index contributed by atoms with van der Waals surface area (Å²) in [6, 6.07) is 3.43. The lowest BCUT2D eigenvalue weighted by Crippen LogP contribution is -2.04. The zero-order chi connectivity index (χ0) is 8.39. The largest absolute Gasteiger partial charge is 0.506 e. The molecule has 1 heterocycles. The smallest absolute Gasteiger partial charge is 0.134 e. The van der Waals surface area contributed by atoms with E-state index in [1.54, 1.807) is 12.1 Å². The number of hydrogen-bond acceptors (Lipinski definition) is 3. The molecule has 2 rings (SSSR count). The van der Waals surface area contributed by atoms with Crippen LogP contribution >= 0.6 is 0 Å². The molecule has 1 aliphatic rings. The summed E-state index contributed by atoms with van der Waals surface area (Å²) in [5.74, 6) is 1.91. The Hall–Kier alpha value is -1.25. The summed E-state index contributed by atoms with van der Waals surface area (Å²) in [5.41, 5.74) is 0. The molecule has 0 amide bonds. The van der Waals surface area contributed by atoms with E-state index in [4.69, 9.17) is 5.11 Å². The third-order valence-corrected chi connectivity index (χ3v) is 2.02. The van der Waals surface area contributed by atoms with Crippen LogP contribution in [0.5, 0.6) is 5.75 Å². The minimum Gasteiger partial charge on any atom is -0.506 e. The van der Waals surface area contributed by atoms with Crippen LogP contribution in [-0.4, -0.2) is 16.6 Å². The van der Waals surface area contributed by atoms with Crippen LogP contribution in [0.1, 0.15) is 12.8 Å². The van der Waals surface area contributed by atoms with Crippen LogP contribution in [-0.2, 0) is 0 Å². The highest BCUT2D eigenvalue weighted by atomic mass is 16.3. The minimum atomic E-state index is 0.215. The number of aromatic nitrogens is 1. The van der Waals surface area contributed by atoms with Crippen molar-refractivity contribution in [2.45, 2.75) is 12.8 Å². The van der Waals surface area contributed by atoms with Crippen molar-refractivity contribution in [2.24, 2.45) is 5.92 Å². The molecule has 12 heavy (non-hydrogen) atoms. The minimum absolute atomic E-state index is 0.215. The van der Waals surface area contributed by atoms with Gasteiger partial charge < -0.3 is 10.4 Å². The molecule has 0 spiro atoms. The first kappa shape index (κ1) is 7.40. The molecule has 2 N–H and O–H groups in total. The van der Waals surface area contributed by atoms with Crippen LogP contribution in [0.4, 0.5) is 5.82 Å². The van der Waals surface area contributed by atoms with E-state index < -0.39 is 0 Å². The van der Waals surface area contributed by atoms with Gasteiger partial charge in [-0.1, -0.05) is 0 Å². The zero-order valence-corrected chi connectivity index (χ0v) is 6.83. The number of pyridine rings is 1. The van der Waals surface area contributed by atoms with E-state index in [1.807, 2.05) is 0 Å². The average molecular weight is 164 g/mol. The van der Waals surface area contributed by atoms with Gasteiger partial charge in [0.05, 0.1) is 6.20 Å². The Morgan fingerprint density at radius 1 is 1.50 bits per heavy atom. The number of nitrogens with one attached hydrogen (secondary N) is 1. The van der Waals surface area contributed by atoms with Crippen LogP contribution in [0.2, 0.25) is 0 Å². The molecule has 1 fully saturated rings. The van der Waals surface area contributed by atoms with E-state index in [9.17, 15) is 0 Å². The number of rotatable bonds is 3. The van der Waals surface area contributed by atoms with Gasteiger partial charge in [-0.2, -0.15) is 0 Å². The monoisotopic (exact) mass is 164 g/mol. The molecule has 1 aromatic rings. The Bertz CT molecular complexity index is 254. The highest BCUT2D eigenvalue weighted by Crippen LogP contribution is 2.28. The first-order valence-corrected chi connectivity index (χ1v) is 4.23. The van der Waals surface area contributed by atoms with E-state index in [0.29, 0.717) is 0 Å². The summed E-state index contributed by atoms with van der Waals surface area (Å²) >= 11 is 0. The van der Waals surface area contributed by atoms with Crippen molar-refractivity contribution in [1.82, 2.24) is 4.98 Å². The number of nitrogens with zero attached hydrogens (tertiary/aromatic N) is 1. The fourth-order valence-corrected chi connectivity index (χ4v) is 1.06. The molecule has 1 aromatic heterocycles. The molecule has 3 nitrogen and oxygen atoms in total. The Morgan fingerprint density at radius 2 is 2.33 bits per heavy atom. The van der Waals surface area contributed by atoms with Crippen LogP contribution < -0.4 is 5.32 Å². The molecule has 1 saturated carbocycles. The third kappa shape index (κ3) is 1.87. The average Bonchev–Trinajstić information content (AvgIpc) is 2.87. The Balaban J connectivity index is 1.89. The Morgan fingerprint density at radius 3 is 2.92 bits per heavy atom. The summed E-state index contributed by atoms with van der Waals surface area (Å²) in [6.07, 6.45) is 4.13. The number of anilines is 1. The second-order valence-electron chi connectivity index (χ2n) is 3.23. The zero-order valence-electron chi connectivity index (χ0n) is 6.83. The van der Waals surface area contributed by atoms with Crippen molar-refractivity contribution in [2.75, 3.05) is 11.9 Å². The van der Waals surface area contributed by atoms with Gasteiger partial charge >= 0.3 is 0 Å². The van der Waals surface area contributed by atoms with Crippen LogP contribution in [0.3, 0.4) is 0 Å². The second-order valence-corrected chi connectivity index (χ2v) is 3.23. The van der Waals surface area contributed by atoms with Crippen LogP contribution in [0.15, 0.2) is 18.3 Å². The number of aromatic hydroxyl groups is 1. The van der Waals surface area contributed by atoms with E-state index >= 15 is 0 Å². The lowest BCUT2D eigenvalue weighted by atomic mass is 10.4. The molecule has 3 heteroatoms. The standard InChI is InChI=1S/C9H12N2O/c12-8-3-4-9(11-6-8)10-5-7-1-2-7/h3-4,6-7,12H,1-2,5H2,(H,10,11). The SMILES string of the molecule is Oc1ccc(NCC2CC2)nc1. The van der Waals surface area contributed by atoms with Crippen LogP contribution in [0, 0.1) is 5.92 Å². The molecule has 0 saturated heterocycles. The van der Waals surface area contributed by atoms with Gasteiger partial charge in [0, 0.05) is 6.54 Å². The maximum absolute atomic E-state index is 8.96. The van der Waals surface area contributed by atoms with Gasteiger partial charge in [0.15, 0.2) is 0 Å². The van der Waals surface area contributed by atoms with Crippen molar-refractivity contribution in [1.29, 1.82) is 0 Å². The second kappa shape index (κ2) is 3.01. The maximum atomic E-state index is 8.96. The third-order valence-electron chi connectivity index (χ3n) is 2.02. The molecule has 0 radical (unpaired) electrons. The van der Waals surface area contributed by atoms with Gasteiger partial charge in [-0.25, -0.2) is 4.98 Å². The van der Waals surface area contributed by atoms with E-state index in [0.717, 1.165) is 18.3 Å². The van der Waals surface area contributed by atoms with Crippen LogP contribution in [0.25, 0.3) is 0 Å². The maximum Gasteiger partial charge on any atom is 0.134 e. The highest BCUT2D eigenvalue weighted by molar-refractivity contribution is 5.37. The topological polar surface area (TPSA) is 45.1 Å². The molecule has 0 aromatic carbocycles. The quantitative estimate of drug-likeness (QED) is 0.713. The molecular formula is C9H12N2O. The fourth-order valence-electron chi connectivity index (χ4n) is 1.06. The molecule has 0 bridgehead atoms. The summed E-state index contributed by atoms with van der Waals surface area (Å²) in [5, 5.41) is 12.2. The van der Waals surface area contributed by atoms with E-state index in [-0.39, 0.29) is 5.75 Å². The summed E-state index contributed by atoms with van der Waals surface area (Å²) in [7, 11) is 0. The lowest BCUT2D eigenvalue weighted by molar-refractivity contribution is 0.473. The van der Waals surface area contributed by atoms with Crippen molar-refractivity contribution >= 4 is 5.82 Å². The number of hydrogen-bond donors (Lipinski definition) is 2. The first-order valence-electron chi connectivity index (χ1n) is 4.23. The summed E-state index contributed by atoms with van der Waals surface area (Å²) in [4.78, 5) is 4.02. The highest BCUT2D eigenvalue weighted by Gasteiger charge is 2.20. The normalized spacial score (nSPS) is 16.0. The van der Waals surface area contributed by atoms with Gasteiger partial charge in [-0.15, -0.1) is 0 Å². The lowest BCUT2D eigenvalue weighted by Gasteiger charge is -2.02. The molecule has 64 valence electrons. The van der Waals surface area contributed by atoms with Gasteiger partial charge in [0.2, 0.25) is 0 Å². The molecule has 0 unspecified atom stereocenters. The van der Waals surface area contributed by atoms with Gasteiger partial charge in [0.25, 0.3) is 0 Å². The van der Waals surface area contributed by atoms with Gasteiger partial charge in [-0.3, -0.25) is 0 Å². The van der Waals surface area contributed by atoms with E-state index in [1.165, 1.54) is 19.0 Å². The predicted octanol–water partition coefficient (Wildman–Crippen LogP) is 1.61. The summed E-state index contributed by atoms with van der Waals surface area (Å²) < 4.78 is 0. The van der Waals surface area contributed by atoms with Crippen molar-refractivity contribution in [3.8, 4) is 5.75 Å². The first-order chi connectivity index (χ1) is 5.84.